The summed E-state index contributed by atoms with van der Waals surface area (Å²) in [6, 6.07) is 11.6. The molecule has 0 bridgehead atoms. The minimum atomic E-state index is -1.06. The van der Waals surface area contributed by atoms with E-state index in [4.69, 9.17) is 15.1 Å². The fourth-order valence-corrected chi connectivity index (χ4v) is 1.66. The second-order valence-corrected chi connectivity index (χ2v) is 3.87. The van der Waals surface area contributed by atoms with Crippen molar-refractivity contribution in [2.24, 2.45) is 0 Å². The molecule has 2 N–H and O–H groups in total. The minimum absolute atomic E-state index is 0.0804. The van der Waals surface area contributed by atoms with Gasteiger partial charge in [-0.15, -0.1) is 0 Å². The zero-order valence-electron chi connectivity index (χ0n) is 10.6. The number of ether oxygens (including phenoxy) is 1. The van der Waals surface area contributed by atoms with Gasteiger partial charge in [-0.3, -0.25) is 0 Å². The number of rotatable bonds is 4. The first-order valence-electron chi connectivity index (χ1n) is 5.69. The molecule has 0 aliphatic carbocycles. The summed E-state index contributed by atoms with van der Waals surface area (Å²) in [4.78, 5) is 15.1. The van der Waals surface area contributed by atoms with Gasteiger partial charge in [0.05, 0.1) is 7.11 Å². The maximum absolute atomic E-state index is 11.0. The Hall–Kier alpha value is -3.07. The number of aromatic carboxylic acids is 1. The predicted octanol–water partition coefficient (Wildman–Crippen LogP) is 2.40. The van der Waals surface area contributed by atoms with E-state index >= 15 is 0 Å². The average molecular weight is 269 g/mol. The third-order valence-corrected chi connectivity index (χ3v) is 2.57. The number of nitrogens with zero attached hydrogens (tertiary/aromatic N) is 2. The molecular formula is C14H11N3O3. The van der Waals surface area contributed by atoms with Crippen LogP contribution in [0.2, 0.25) is 0 Å². The molecule has 0 radical (unpaired) electrons. The van der Waals surface area contributed by atoms with Crippen LogP contribution in [0.4, 0.5) is 11.5 Å². The number of pyridine rings is 1. The highest BCUT2D eigenvalue weighted by Crippen LogP contribution is 2.25. The molecule has 2 rings (SSSR count). The van der Waals surface area contributed by atoms with E-state index in [1.807, 2.05) is 6.07 Å². The number of hydrogen-bond acceptors (Lipinski definition) is 5. The maximum atomic E-state index is 11.0. The van der Waals surface area contributed by atoms with Crippen LogP contribution in [0.3, 0.4) is 0 Å². The molecule has 1 aromatic heterocycles. The van der Waals surface area contributed by atoms with Crippen molar-refractivity contribution in [2.45, 2.75) is 0 Å². The highest BCUT2D eigenvalue weighted by Gasteiger charge is 2.11. The molecule has 0 saturated carbocycles. The number of nitrogens with one attached hydrogen (secondary N) is 1. The van der Waals surface area contributed by atoms with Gasteiger partial charge in [0.15, 0.2) is 0 Å². The first kappa shape index (κ1) is 13.4. The van der Waals surface area contributed by atoms with Gasteiger partial charge in [0.25, 0.3) is 0 Å². The normalized spacial score (nSPS) is 9.60. The fraction of sp³-hybridized carbons (Fsp3) is 0.0714. The number of anilines is 2. The standard InChI is InChI=1S/C14H11N3O3/c1-20-12-7-9(5-6-11(12)14(18)19)16-13-4-2-3-10(8-15)17-13/h2-7H,1H3,(H,16,17)(H,18,19). The Bertz CT molecular complexity index is 692. The molecule has 100 valence electrons. The minimum Gasteiger partial charge on any atom is -0.496 e. The summed E-state index contributed by atoms with van der Waals surface area (Å²) in [7, 11) is 1.40. The second-order valence-electron chi connectivity index (χ2n) is 3.87. The van der Waals surface area contributed by atoms with Gasteiger partial charge in [0.1, 0.15) is 28.9 Å². The summed E-state index contributed by atoms with van der Waals surface area (Å²) in [6.07, 6.45) is 0. The Balaban J connectivity index is 2.30. The molecule has 0 saturated heterocycles. The molecule has 1 aromatic carbocycles. The topological polar surface area (TPSA) is 95.2 Å². The molecule has 0 aliphatic heterocycles. The largest absolute Gasteiger partial charge is 0.496 e. The van der Waals surface area contributed by atoms with E-state index in [9.17, 15) is 4.79 Å². The fourth-order valence-electron chi connectivity index (χ4n) is 1.66. The number of aromatic nitrogens is 1. The number of carboxylic acid groups (broad SMARTS) is 1. The van der Waals surface area contributed by atoms with E-state index in [1.54, 1.807) is 30.3 Å². The zero-order valence-corrected chi connectivity index (χ0v) is 10.6. The van der Waals surface area contributed by atoms with Crippen molar-refractivity contribution in [1.82, 2.24) is 4.98 Å². The number of benzene rings is 1. The van der Waals surface area contributed by atoms with E-state index < -0.39 is 5.97 Å². The highest BCUT2D eigenvalue weighted by atomic mass is 16.5. The van der Waals surface area contributed by atoms with Crippen molar-refractivity contribution in [3.63, 3.8) is 0 Å². The molecule has 6 nitrogen and oxygen atoms in total. The average Bonchev–Trinajstić information content (AvgIpc) is 2.47. The van der Waals surface area contributed by atoms with E-state index in [0.717, 1.165) is 0 Å². The van der Waals surface area contributed by atoms with Crippen LogP contribution in [-0.4, -0.2) is 23.2 Å². The molecule has 2 aromatic rings. The molecule has 6 heteroatoms. The Morgan fingerprint density at radius 3 is 2.85 bits per heavy atom. The Morgan fingerprint density at radius 2 is 2.20 bits per heavy atom. The van der Waals surface area contributed by atoms with Gasteiger partial charge in [-0.2, -0.15) is 5.26 Å². The van der Waals surface area contributed by atoms with Gasteiger partial charge in [-0.1, -0.05) is 6.07 Å². The molecule has 0 amide bonds. The number of hydrogen-bond donors (Lipinski definition) is 2. The van der Waals surface area contributed by atoms with E-state index in [2.05, 4.69) is 10.3 Å². The SMILES string of the molecule is COc1cc(Nc2cccc(C#N)n2)ccc1C(=O)O. The summed E-state index contributed by atoms with van der Waals surface area (Å²) < 4.78 is 5.04. The number of carbonyl (C=O) groups is 1. The summed E-state index contributed by atoms with van der Waals surface area (Å²) in [5, 5.41) is 20.8. The lowest BCUT2D eigenvalue weighted by molar-refractivity contribution is 0.0693. The summed E-state index contributed by atoms with van der Waals surface area (Å²) in [5.41, 5.74) is 0.996. The highest BCUT2D eigenvalue weighted by molar-refractivity contribution is 5.91. The van der Waals surface area contributed by atoms with Crippen molar-refractivity contribution < 1.29 is 14.6 Å². The van der Waals surface area contributed by atoms with Crippen LogP contribution in [0.25, 0.3) is 0 Å². The van der Waals surface area contributed by atoms with E-state index in [1.165, 1.54) is 13.2 Å². The molecular weight excluding hydrogens is 258 g/mol. The number of carboxylic acids is 1. The van der Waals surface area contributed by atoms with Gasteiger partial charge >= 0.3 is 5.97 Å². The monoisotopic (exact) mass is 269 g/mol. The first-order chi connectivity index (χ1) is 9.63. The number of nitriles is 1. The van der Waals surface area contributed by atoms with Crippen LogP contribution in [0, 0.1) is 11.3 Å². The van der Waals surface area contributed by atoms with Crippen molar-refractivity contribution in [2.75, 3.05) is 12.4 Å². The van der Waals surface area contributed by atoms with Crippen LogP contribution in [0.1, 0.15) is 16.1 Å². The zero-order chi connectivity index (χ0) is 14.5. The summed E-state index contributed by atoms with van der Waals surface area (Å²) in [5.74, 6) is -0.314. The summed E-state index contributed by atoms with van der Waals surface area (Å²) in [6.45, 7) is 0. The first-order valence-corrected chi connectivity index (χ1v) is 5.69. The molecule has 0 aliphatic rings. The Labute approximate surface area is 115 Å². The van der Waals surface area contributed by atoms with Crippen molar-refractivity contribution in [3.8, 4) is 11.8 Å². The smallest absolute Gasteiger partial charge is 0.339 e. The number of methoxy groups -OCH3 is 1. The van der Waals surface area contributed by atoms with Crippen LogP contribution >= 0.6 is 0 Å². The molecule has 1 heterocycles. The van der Waals surface area contributed by atoms with Gasteiger partial charge in [0, 0.05) is 11.8 Å². The van der Waals surface area contributed by atoms with Crippen LogP contribution in [0.5, 0.6) is 5.75 Å². The Morgan fingerprint density at radius 1 is 1.40 bits per heavy atom. The molecule has 0 fully saturated rings. The maximum Gasteiger partial charge on any atom is 0.339 e. The summed E-state index contributed by atoms with van der Waals surface area (Å²) >= 11 is 0. The van der Waals surface area contributed by atoms with Gasteiger partial charge < -0.3 is 15.2 Å². The second kappa shape index (κ2) is 5.71. The van der Waals surface area contributed by atoms with Crippen molar-refractivity contribution in [3.05, 3.63) is 47.7 Å². The quantitative estimate of drug-likeness (QED) is 0.884. The van der Waals surface area contributed by atoms with Gasteiger partial charge in [-0.25, -0.2) is 9.78 Å². The van der Waals surface area contributed by atoms with Gasteiger partial charge in [-0.05, 0) is 24.3 Å². The predicted molar refractivity (Wildman–Crippen MR) is 72.2 cm³/mol. The lowest BCUT2D eigenvalue weighted by Gasteiger charge is -2.09. The van der Waals surface area contributed by atoms with Crippen LogP contribution in [0.15, 0.2) is 36.4 Å². The molecule has 20 heavy (non-hydrogen) atoms. The lowest BCUT2D eigenvalue weighted by Crippen LogP contribution is -2.02. The van der Waals surface area contributed by atoms with Gasteiger partial charge in [0.2, 0.25) is 0 Å². The molecule has 0 spiro atoms. The van der Waals surface area contributed by atoms with Crippen LogP contribution in [-0.2, 0) is 0 Å². The van der Waals surface area contributed by atoms with E-state index in [0.29, 0.717) is 17.2 Å². The van der Waals surface area contributed by atoms with Crippen molar-refractivity contribution in [1.29, 1.82) is 5.26 Å². The third-order valence-electron chi connectivity index (χ3n) is 2.57. The van der Waals surface area contributed by atoms with Crippen molar-refractivity contribution >= 4 is 17.5 Å². The van der Waals surface area contributed by atoms with E-state index in [-0.39, 0.29) is 11.3 Å². The molecule has 0 atom stereocenters. The lowest BCUT2D eigenvalue weighted by atomic mass is 10.2. The third kappa shape index (κ3) is 2.84. The molecule has 0 unspecified atom stereocenters. The van der Waals surface area contributed by atoms with Crippen LogP contribution < -0.4 is 10.1 Å². The Kier molecular flexibility index (Phi) is 3.82.